The number of thiophene rings is 1. The average Bonchev–Trinajstić information content (AvgIpc) is 2.85. The molecule has 1 saturated heterocycles. The topological polar surface area (TPSA) is 21.3 Å². The Labute approximate surface area is 121 Å². The Morgan fingerprint density at radius 1 is 1.32 bits per heavy atom. The van der Waals surface area contributed by atoms with Gasteiger partial charge >= 0.3 is 0 Å². The van der Waals surface area contributed by atoms with Gasteiger partial charge in [-0.25, -0.2) is 0 Å². The number of hydrogen-bond acceptors (Lipinski definition) is 3. The van der Waals surface area contributed by atoms with Crippen molar-refractivity contribution in [1.82, 2.24) is 5.32 Å². The number of hydrogen-bond donors (Lipinski definition) is 1. The summed E-state index contributed by atoms with van der Waals surface area (Å²) >= 11 is 1.93. The average molecular weight is 281 g/mol. The van der Waals surface area contributed by atoms with Gasteiger partial charge in [0.05, 0.1) is 6.10 Å². The van der Waals surface area contributed by atoms with Gasteiger partial charge in [0, 0.05) is 22.9 Å². The first-order chi connectivity index (χ1) is 9.05. The van der Waals surface area contributed by atoms with Crippen molar-refractivity contribution in [2.24, 2.45) is 0 Å². The molecule has 0 spiro atoms. The van der Waals surface area contributed by atoms with Crippen LogP contribution >= 0.6 is 11.3 Å². The molecule has 1 N–H and O–H groups in total. The minimum Gasteiger partial charge on any atom is -0.378 e. The number of nitrogens with one attached hydrogen (secondary N) is 1. The third-order valence-corrected chi connectivity index (χ3v) is 5.13. The van der Waals surface area contributed by atoms with Crippen LogP contribution in [0.5, 0.6) is 0 Å². The van der Waals surface area contributed by atoms with Gasteiger partial charge in [0.2, 0.25) is 0 Å². The Morgan fingerprint density at radius 2 is 2.16 bits per heavy atom. The van der Waals surface area contributed by atoms with Crippen LogP contribution in [0.3, 0.4) is 0 Å². The molecule has 2 rings (SSSR count). The van der Waals surface area contributed by atoms with Gasteiger partial charge in [-0.15, -0.1) is 11.3 Å². The van der Waals surface area contributed by atoms with Crippen molar-refractivity contribution in [3.63, 3.8) is 0 Å². The van der Waals surface area contributed by atoms with E-state index < -0.39 is 0 Å². The molecule has 1 fully saturated rings. The molecule has 0 saturated carbocycles. The summed E-state index contributed by atoms with van der Waals surface area (Å²) in [5.74, 6) is 0. The molecule has 0 aromatic carbocycles. The second-order valence-corrected chi connectivity index (χ2v) is 7.64. The monoisotopic (exact) mass is 281 g/mol. The number of ether oxygens (including phenoxy) is 1. The molecule has 0 radical (unpaired) electrons. The zero-order valence-electron chi connectivity index (χ0n) is 12.5. The summed E-state index contributed by atoms with van der Waals surface area (Å²) in [6, 6.07) is 4.53. The van der Waals surface area contributed by atoms with Gasteiger partial charge < -0.3 is 10.1 Å². The second kappa shape index (κ2) is 6.87. The lowest BCUT2D eigenvalue weighted by Gasteiger charge is -2.22. The van der Waals surface area contributed by atoms with Gasteiger partial charge in [0.1, 0.15) is 0 Å². The van der Waals surface area contributed by atoms with E-state index in [0.29, 0.717) is 6.10 Å². The predicted octanol–water partition coefficient (Wildman–Crippen LogP) is 4.09. The highest BCUT2D eigenvalue weighted by atomic mass is 32.1. The van der Waals surface area contributed by atoms with E-state index in [2.05, 4.69) is 38.2 Å². The van der Waals surface area contributed by atoms with Crippen molar-refractivity contribution < 1.29 is 4.74 Å². The predicted molar refractivity (Wildman–Crippen MR) is 82.9 cm³/mol. The summed E-state index contributed by atoms with van der Waals surface area (Å²) in [5, 5.41) is 3.54. The van der Waals surface area contributed by atoms with Crippen LogP contribution in [0, 0.1) is 0 Å². The second-order valence-electron chi connectivity index (χ2n) is 6.47. The molecule has 1 atom stereocenters. The zero-order valence-corrected chi connectivity index (χ0v) is 13.3. The van der Waals surface area contributed by atoms with Gasteiger partial charge in [0.15, 0.2) is 0 Å². The van der Waals surface area contributed by atoms with E-state index >= 15 is 0 Å². The third-order valence-electron chi connectivity index (χ3n) is 3.62. The number of rotatable bonds is 5. The van der Waals surface area contributed by atoms with Crippen molar-refractivity contribution >= 4 is 11.3 Å². The fraction of sp³-hybridized carbons (Fsp3) is 0.750. The first-order valence-electron chi connectivity index (χ1n) is 7.47. The van der Waals surface area contributed by atoms with Gasteiger partial charge in [-0.1, -0.05) is 20.8 Å². The minimum atomic E-state index is 0.277. The largest absolute Gasteiger partial charge is 0.378 e. The van der Waals surface area contributed by atoms with Gasteiger partial charge in [-0.05, 0) is 49.8 Å². The molecule has 1 aliphatic heterocycles. The molecule has 1 aromatic rings. The van der Waals surface area contributed by atoms with Crippen LogP contribution in [-0.2, 0) is 16.7 Å². The van der Waals surface area contributed by atoms with Crippen LogP contribution < -0.4 is 5.32 Å². The van der Waals surface area contributed by atoms with Gasteiger partial charge in [0.25, 0.3) is 0 Å². The molecule has 1 unspecified atom stereocenters. The summed E-state index contributed by atoms with van der Waals surface area (Å²) < 4.78 is 5.74. The smallest absolute Gasteiger partial charge is 0.0587 e. The Morgan fingerprint density at radius 3 is 2.79 bits per heavy atom. The summed E-state index contributed by atoms with van der Waals surface area (Å²) in [7, 11) is 0. The minimum absolute atomic E-state index is 0.277. The summed E-state index contributed by atoms with van der Waals surface area (Å²) in [4.78, 5) is 2.91. The van der Waals surface area contributed by atoms with Crippen LogP contribution in [0.25, 0.3) is 0 Å². The van der Waals surface area contributed by atoms with Crippen molar-refractivity contribution in [3.8, 4) is 0 Å². The van der Waals surface area contributed by atoms with Crippen molar-refractivity contribution in [2.75, 3.05) is 13.2 Å². The standard InChI is InChI=1S/C16H27NOS/c1-16(2,3)15-8-7-14(19-15)12-17-10-9-13-6-4-5-11-18-13/h7-8,13,17H,4-6,9-12H2,1-3H3. The lowest BCUT2D eigenvalue weighted by molar-refractivity contribution is 0.0115. The fourth-order valence-corrected chi connectivity index (χ4v) is 3.42. The highest BCUT2D eigenvalue weighted by Gasteiger charge is 2.16. The highest BCUT2D eigenvalue weighted by molar-refractivity contribution is 7.12. The molecule has 0 amide bonds. The molecule has 2 heterocycles. The normalized spacial score (nSPS) is 20.7. The Balaban J connectivity index is 1.66. The molecular formula is C16H27NOS. The molecule has 0 aliphatic carbocycles. The highest BCUT2D eigenvalue weighted by Crippen LogP contribution is 2.29. The van der Waals surface area contributed by atoms with E-state index in [1.807, 2.05) is 11.3 Å². The molecule has 1 aromatic heterocycles. The van der Waals surface area contributed by atoms with E-state index in [4.69, 9.17) is 4.74 Å². The van der Waals surface area contributed by atoms with Crippen LogP contribution in [-0.4, -0.2) is 19.3 Å². The van der Waals surface area contributed by atoms with E-state index in [-0.39, 0.29) is 5.41 Å². The van der Waals surface area contributed by atoms with Crippen molar-refractivity contribution in [2.45, 2.75) is 64.5 Å². The maximum atomic E-state index is 5.74. The Bertz CT molecular complexity index is 374. The van der Waals surface area contributed by atoms with Crippen LogP contribution in [0.15, 0.2) is 12.1 Å². The molecule has 2 nitrogen and oxygen atoms in total. The summed E-state index contributed by atoms with van der Waals surface area (Å²) in [5.41, 5.74) is 0.277. The molecule has 19 heavy (non-hydrogen) atoms. The first-order valence-corrected chi connectivity index (χ1v) is 8.29. The Kier molecular flexibility index (Phi) is 5.43. The van der Waals surface area contributed by atoms with E-state index in [0.717, 1.165) is 26.1 Å². The lowest BCUT2D eigenvalue weighted by Crippen LogP contribution is -2.24. The summed E-state index contributed by atoms with van der Waals surface area (Å²) in [6.07, 6.45) is 5.47. The molecule has 108 valence electrons. The lowest BCUT2D eigenvalue weighted by atomic mass is 9.95. The first kappa shape index (κ1) is 15.0. The zero-order chi connectivity index (χ0) is 13.7. The molecule has 3 heteroatoms. The molecule has 1 aliphatic rings. The van der Waals surface area contributed by atoms with Gasteiger partial charge in [-0.2, -0.15) is 0 Å². The fourth-order valence-electron chi connectivity index (χ4n) is 2.39. The third kappa shape index (κ3) is 4.90. The van der Waals surface area contributed by atoms with E-state index in [9.17, 15) is 0 Å². The van der Waals surface area contributed by atoms with Gasteiger partial charge in [-0.3, -0.25) is 0 Å². The Hall–Kier alpha value is -0.380. The molecule has 0 bridgehead atoms. The maximum absolute atomic E-state index is 5.74. The summed E-state index contributed by atoms with van der Waals surface area (Å²) in [6.45, 7) is 9.84. The molecular weight excluding hydrogens is 254 g/mol. The SMILES string of the molecule is CC(C)(C)c1ccc(CNCCC2CCCCO2)s1. The van der Waals surface area contributed by atoms with Crippen LogP contribution in [0.2, 0.25) is 0 Å². The van der Waals surface area contributed by atoms with Crippen LogP contribution in [0.4, 0.5) is 0 Å². The van der Waals surface area contributed by atoms with Crippen molar-refractivity contribution in [1.29, 1.82) is 0 Å². The van der Waals surface area contributed by atoms with E-state index in [1.54, 1.807) is 0 Å². The van der Waals surface area contributed by atoms with Crippen molar-refractivity contribution in [3.05, 3.63) is 21.9 Å². The maximum Gasteiger partial charge on any atom is 0.0587 e. The van der Waals surface area contributed by atoms with E-state index in [1.165, 1.54) is 29.0 Å². The quantitative estimate of drug-likeness (QED) is 0.821. The van der Waals surface area contributed by atoms with Crippen LogP contribution in [0.1, 0.15) is 56.2 Å².